The maximum atomic E-state index is 12.5. The van der Waals surface area contributed by atoms with Crippen LogP contribution in [0.5, 0.6) is 0 Å². The number of aliphatic hydroxyl groups is 3. The molecule has 0 rings (SSSR count). The fourth-order valence-corrected chi connectivity index (χ4v) is 8.03. The predicted molar refractivity (Wildman–Crippen MR) is 264 cm³/mol. The van der Waals surface area contributed by atoms with Crippen LogP contribution in [0.2, 0.25) is 0 Å². The highest BCUT2D eigenvalue weighted by Gasteiger charge is 2.20. The molecule has 0 saturated carbocycles. The molecule has 0 fully saturated rings. The molecule has 0 spiro atoms. The van der Waals surface area contributed by atoms with E-state index in [1.807, 2.05) is 6.08 Å². The van der Waals surface area contributed by atoms with Crippen molar-refractivity contribution in [2.45, 2.75) is 289 Å². The number of unbranched alkanes of at least 4 members (excludes halogenated alkanes) is 33. The molecule has 1 amide bonds. The summed E-state index contributed by atoms with van der Waals surface area (Å²) in [5.74, 6) is -0.327. The molecule has 352 valence electrons. The Kier molecular flexibility index (Phi) is 48.6. The van der Waals surface area contributed by atoms with Crippen LogP contribution in [-0.2, 0) is 4.79 Å². The summed E-state index contributed by atoms with van der Waals surface area (Å²) in [7, 11) is 0. The van der Waals surface area contributed by atoms with E-state index in [0.29, 0.717) is 6.42 Å². The molecule has 60 heavy (non-hydrogen) atoms. The standard InChI is InChI=1S/C55H103NO4/c1-3-5-7-9-11-13-15-17-19-21-23-25-26-27-28-29-30-32-34-36-38-40-42-44-46-48-52(58)50-55(60)56-53(51-57)54(59)49-47-45-43-41-39-37-35-33-31-24-22-20-18-16-14-12-10-8-6-4-2/h23,25,27-28,39,41,47,49,52-54,57-59H,3-22,24,26,29-38,40,42-46,48,50-51H2,1-2H3,(H,56,60)/b25-23-,28-27-,41-39+,49-47+. The Labute approximate surface area is 374 Å². The minimum absolute atomic E-state index is 0.00231. The topological polar surface area (TPSA) is 89.8 Å². The van der Waals surface area contributed by atoms with E-state index < -0.39 is 18.2 Å². The molecular formula is C55H103NO4. The van der Waals surface area contributed by atoms with Crippen LogP contribution in [0, 0.1) is 0 Å². The number of amides is 1. The zero-order chi connectivity index (χ0) is 43.7. The Hall–Kier alpha value is -1.69. The van der Waals surface area contributed by atoms with Crippen LogP contribution >= 0.6 is 0 Å². The lowest BCUT2D eigenvalue weighted by Gasteiger charge is -2.21. The lowest BCUT2D eigenvalue weighted by Crippen LogP contribution is -2.45. The van der Waals surface area contributed by atoms with Crippen LogP contribution in [0.15, 0.2) is 48.6 Å². The lowest BCUT2D eigenvalue weighted by molar-refractivity contribution is -0.124. The van der Waals surface area contributed by atoms with Crippen molar-refractivity contribution in [1.29, 1.82) is 0 Å². The van der Waals surface area contributed by atoms with Crippen LogP contribution in [0.1, 0.15) is 271 Å². The minimum Gasteiger partial charge on any atom is -0.394 e. The van der Waals surface area contributed by atoms with Crippen molar-refractivity contribution in [2.24, 2.45) is 0 Å². The molecule has 0 bridgehead atoms. The van der Waals surface area contributed by atoms with Gasteiger partial charge in [0.1, 0.15) is 0 Å². The Bertz CT molecular complexity index is 974. The summed E-state index contributed by atoms with van der Waals surface area (Å²) in [6, 6.07) is -0.764. The molecule has 0 aliphatic heterocycles. The maximum absolute atomic E-state index is 12.5. The monoisotopic (exact) mass is 842 g/mol. The second-order valence-electron chi connectivity index (χ2n) is 18.1. The van der Waals surface area contributed by atoms with Crippen molar-refractivity contribution >= 4 is 5.91 Å². The van der Waals surface area contributed by atoms with Crippen molar-refractivity contribution in [2.75, 3.05) is 6.61 Å². The summed E-state index contributed by atoms with van der Waals surface area (Å²) in [5.41, 5.74) is 0. The van der Waals surface area contributed by atoms with E-state index in [1.54, 1.807) is 6.08 Å². The highest BCUT2D eigenvalue weighted by Crippen LogP contribution is 2.16. The molecule has 0 aliphatic rings. The molecule has 3 unspecified atom stereocenters. The quantitative estimate of drug-likeness (QED) is 0.0363. The van der Waals surface area contributed by atoms with E-state index >= 15 is 0 Å². The normalized spacial score (nSPS) is 13.8. The Balaban J connectivity index is 3.65. The smallest absolute Gasteiger partial charge is 0.222 e. The van der Waals surface area contributed by atoms with Crippen molar-refractivity contribution in [3.05, 3.63) is 48.6 Å². The molecule has 3 atom stereocenters. The number of rotatable bonds is 48. The SMILES string of the molecule is CCCCCCCCCCC/C=C\C/C=C\CCCCCCCCCCCC(O)CC(=O)NC(CO)C(O)/C=C/CC/C=C/CCCCCCCCCCCCCCCC. The first kappa shape index (κ1) is 58.3. The van der Waals surface area contributed by atoms with E-state index in [-0.39, 0.29) is 18.9 Å². The first-order chi connectivity index (χ1) is 29.5. The highest BCUT2D eigenvalue weighted by atomic mass is 16.3. The molecule has 0 radical (unpaired) electrons. The van der Waals surface area contributed by atoms with E-state index in [9.17, 15) is 20.1 Å². The van der Waals surface area contributed by atoms with E-state index in [2.05, 4.69) is 55.6 Å². The number of carbonyl (C=O) groups excluding carboxylic acids is 1. The van der Waals surface area contributed by atoms with Crippen LogP contribution in [0.25, 0.3) is 0 Å². The molecule has 0 aromatic carbocycles. The van der Waals surface area contributed by atoms with Gasteiger partial charge in [0.2, 0.25) is 5.91 Å². The third kappa shape index (κ3) is 45.8. The largest absolute Gasteiger partial charge is 0.394 e. The molecule has 4 N–H and O–H groups in total. The molecule has 0 heterocycles. The van der Waals surface area contributed by atoms with Gasteiger partial charge in [-0.2, -0.15) is 0 Å². The van der Waals surface area contributed by atoms with E-state index in [1.165, 1.54) is 205 Å². The second kappa shape index (κ2) is 50.0. The Morgan fingerprint density at radius 1 is 0.433 bits per heavy atom. The van der Waals surface area contributed by atoms with Crippen molar-refractivity contribution in [3.8, 4) is 0 Å². The lowest BCUT2D eigenvalue weighted by atomic mass is 10.0. The molecule has 5 nitrogen and oxygen atoms in total. The van der Waals surface area contributed by atoms with E-state index in [0.717, 1.165) is 38.5 Å². The molecule has 0 aromatic heterocycles. The summed E-state index contributed by atoms with van der Waals surface area (Å²) in [5, 5.41) is 33.4. The van der Waals surface area contributed by atoms with Gasteiger partial charge in [-0.05, 0) is 64.2 Å². The second-order valence-corrected chi connectivity index (χ2v) is 18.1. The molecular weight excluding hydrogens is 739 g/mol. The van der Waals surface area contributed by atoms with Gasteiger partial charge in [0.25, 0.3) is 0 Å². The summed E-state index contributed by atoms with van der Waals surface area (Å²) < 4.78 is 0. The number of carbonyl (C=O) groups is 1. The van der Waals surface area contributed by atoms with Crippen LogP contribution < -0.4 is 5.32 Å². The summed E-state index contributed by atoms with van der Waals surface area (Å²) >= 11 is 0. The Morgan fingerprint density at radius 2 is 0.767 bits per heavy atom. The average Bonchev–Trinajstić information content (AvgIpc) is 3.24. The summed E-state index contributed by atoms with van der Waals surface area (Å²) in [6.45, 7) is 4.22. The number of allylic oxidation sites excluding steroid dienone is 7. The predicted octanol–water partition coefficient (Wildman–Crippen LogP) is 16.1. The van der Waals surface area contributed by atoms with Gasteiger partial charge in [-0.25, -0.2) is 0 Å². The van der Waals surface area contributed by atoms with Gasteiger partial charge in [0.05, 0.1) is 31.3 Å². The van der Waals surface area contributed by atoms with Crippen LogP contribution in [0.3, 0.4) is 0 Å². The van der Waals surface area contributed by atoms with Gasteiger partial charge in [0.15, 0.2) is 0 Å². The van der Waals surface area contributed by atoms with Crippen LogP contribution in [0.4, 0.5) is 0 Å². The van der Waals surface area contributed by atoms with Gasteiger partial charge in [0, 0.05) is 0 Å². The van der Waals surface area contributed by atoms with Gasteiger partial charge in [-0.15, -0.1) is 0 Å². The summed E-state index contributed by atoms with van der Waals surface area (Å²) in [4.78, 5) is 12.5. The fraction of sp³-hybridized carbons (Fsp3) is 0.836. The van der Waals surface area contributed by atoms with E-state index in [4.69, 9.17) is 0 Å². The van der Waals surface area contributed by atoms with Crippen molar-refractivity contribution in [3.63, 3.8) is 0 Å². The van der Waals surface area contributed by atoms with Gasteiger partial charge >= 0.3 is 0 Å². The zero-order valence-corrected chi connectivity index (χ0v) is 40.1. The number of aliphatic hydroxyl groups excluding tert-OH is 3. The van der Waals surface area contributed by atoms with Gasteiger partial charge < -0.3 is 20.6 Å². The average molecular weight is 842 g/mol. The Morgan fingerprint density at radius 3 is 1.17 bits per heavy atom. The molecule has 5 heteroatoms. The third-order valence-corrected chi connectivity index (χ3v) is 12.1. The number of hydrogen-bond acceptors (Lipinski definition) is 4. The van der Waals surface area contributed by atoms with Gasteiger partial charge in [-0.3, -0.25) is 4.79 Å². The summed E-state index contributed by atoms with van der Waals surface area (Å²) in [6.07, 6.45) is 65.7. The zero-order valence-electron chi connectivity index (χ0n) is 40.1. The maximum Gasteiger partial charge on any atom is 0.222 e. The number of hydrogen-bond donors (Lipinski definition) is 4. The van der Waals surface area contributed by atoms with Crippen LogP contribution in [-0.4, -0.2) is 46.1 Å². The van der Waals surface area contributed by atoms with Crippen molar-refractivity contribution in [1.82, 2.24) is 5.32 Å². The third-order valence-electron chi connectivity index (χ3n) is 12.1. The first-order valence-corrected chi connectivity index (χ1v) is 26.4. The highest BCUT2D eigenvalue weighted by molar-refractivity contribution is 5.76. The number of nitrogens with one attached hydrogen (secondary N) is 1. The molecule has 0 saturated heterocycles. The molecule has 0 aromatic rings. The van der Waals surface area contributed by atoms with Crippen molar-refractivity contribution < 1.29 is 20.1 Å². The minimum atomic E-state index is -0.955. The van der Waals surface area contributed by atoms with Gasteiger partial charge in [-0.1, -0.05) is 249 Å². The molecule has 0 aliphatic carbocycles. The fourth-order valence-electron chi connectivity index (χ4n) is 8.03. The first-order valence-electron chi connectivity index (χ1n) is 26.4.